The van der Waals surface area contributed by atoms with Crippen LogP contribution in [0.5, 0.6) is 0 Å². The Morgan fingerprint density at radius 2 is 1.95 bits per heavy atom. The number of carbonyl (C=O) groups is 1. The van der Waals surface area contributed by atoms with Gasteiger partial charge < -0.3 is 5.11 Å². The first-order valence-electron chi connectivity index (χ1n) is 5.94. The van der Waals surface area contributed by atoms with Crippen LogP contribution in [0.3, 0.4) is 0 Å². The van der Waals surface area contributed by atoms with Gasteiger partial charge in [-0.05, 0) is 13.0 Å². The van der Waals surface area contributed by atoms with Gasteiger partial charge in [0.1, 0.15) is 6.10 Å². The molecule has 1 aliphatic rings. The number of aliphatic hydroxyl groups is 1. The Labute approximate surface area is 124 Å². The summed E-state index contributed by atoms with van der Waals surface area (Å²) in [4.78, 5) is 22.3. The van der Waals surface area contributed by atoms with Crippen LogP contribution in [0.1, 0.15) is 18.6 Å². The summed E-state index contributed by atoms with van der Waals surface area (Å²) in [6.45, 7) is 1.37. The number of Topliss-reactive ketones (excluding diaryl/α,β-unsaturated/α-hetero) is 1. The van der Waals surface area contributed by atoms with Crippen LogP contribution < -0.4 is 0 Å². The fourth-order valence-electron chi connectivity index (χ4n) is 1.95. The van der Waals surface area contributed by atoms with Gasteiger partial charge in [-0.1, -0.05) is 12.1 Å². The molecule has 1 aromatic carbocycles. The molecule has 1 N–H and O–H groups in total. The number of thioether (sulfide) groups is 2. The van der Waals surface area contributed by atoms with Gasteiger partial charge in [-0.3, -0.25) is 14.9 Å². The molecule has 0 saturated carbocycles. The largest absolute Gasteiger partial charge is 0.383 e. The molecule has 5 nitrogen and oxygen atoms in total. The molecule has 0 spiro atoms. The fourth-order valence-corrected chi connectivity index (χ4v) is 4.65. The molecule has 0 aliphatic carbocycles. The third-order valence-corrected chi connectivity index (χ3v) is 5.60. The van der Waals surface area contributed by atoms with Crippen molar-refractivity contribution in [3.63, 3.8) is 0 Å². The Bertz CT molecular complexity index is 577. The van der Waals surface area contributed by atoms with Gasteiger partial charge in [0, 0.05) is 27.4 Å². The molecule has 1 saturated heterocycles. The molecule has 1 atom stereocenters. The number of nitro groups is 1. The lowest BCUT2D eigenvalue weighted by Gasteiger charge is -2.15. The summed E-state index contributed by atoms with van der Waals surface area (Å²) in [5, 5.41) is 21.5. The van der Waals surface area contributed by atoms with Crippen LogP contribution in [0.2, 0.25) is 0 Å². The highest BCUT2D eigenvalue weighted by Crippen LogP contribution is 2.43. The number of nitro benzene ring substituents is 1. The summed E-state index contributed by atoms with van der Waals surface area (Å²) < 4.78 is 0.767. The normalized spacial score (nSPS) is 16.0. The van der Waals surface area contributed by atoms with E-state index < -0.39 is 11.0 Å². The van der Waals surface area contributed by atoms with Crippen LogP contribution >= 0.6 is 23.5 Å². The lowest BCUT2D eigenvalue weighted by atomic mass is 9.99. The predicted octanol–water partition coefficient (Wildman–Crippen LogP) is 2.91. The first-order chi connectivity index (χ1) is 9.52. The quantitative estimate of drug-likeness (QED) is 0.523. The maximum absolute atomic E-state index is 11.8. The SMILES string of the molecule is CC(=O)C(=C1SCCS1)C(O)c1ccccc1[N+](=O)[O-]. The molecule has 1 aliphatic heterocycles. The number of nitrogens with zero attached hydrogens (tertiary/aromatic N) is 1. The average molecular weight is 311 g/mol. The average Bonchev–Trinajstić information content (AvgIpc) is 2.92. The van der Waals surface area contributed by atoms with Crippen LogP contribution in [-0.4, -0.2) is 27.3 Å². The molecule has 20 heavy (non-hydrogen) atoms. The van der Waals surface area contributed by atoms with Crippen LogP contribution in [0.25, 0.3) is 0 Å². The molecular formula is C13H13NO4S2. The zero-order valence-corrected chi connectivity index (χ0v) is 12.4. The van der Waals surface area contributed by atoms with Crippen molar-refractivity contribution in [1.82, 2.24) is 0 Å². The monoisotopic (exact) mass is 311 g/mol. The van der Waals surface area contributed by atoms with Crippen molar-refractivity contribution in [3.8, 4) is 0 Å². The predicted molar refractivity (Wildman–Crippen MR) is 80.7 cm³/mol. The topological polar surface area (TPSA) is 80.4 Å². The Hall–Kier alpha value is -1.31. The number of hydrogen-bond donors (Lipinski definition) is 1. The molecule has 0 aromatic heterocycles. The third-order valence-electron chi connectivity index (χ3n) is 2.85. The zero-order chi connectivity index (χ0) is 14.7. The number of benzene rings is 1. The summed E-state index contributed by atoms with van der Waals surface area (Å²) in [7, 11) is 0. The number of rotatable bonds is 4. The number of hydrogen-bond acceptors (Lipinski definition) is 6. The van der Waals surface area contributed by atoms with Crippen molar-refractivity contribution in [3.05, 3.63) is 49.8 Å². The van der Waals surface area contributed by atoms with Gasteiger partial charge in [0.25, 0.3) is 5.69 Å². The van der Waals surface area contributed by atoms with Crippen LogP contribution in [0.15, 0.2) is 34.1 Å². The summed E-state index contributed by atoms with van der Waals surface area (Å²) in [6, 6.07) is 5.96. The van der Waals surface area contributed by atoms with E-state index in [1.54, 1.807) is 6.07 Å². The second-order valence-corrected chi connectivity index (χ2v) is 6.64. The van der Waals surface area contributed by atoms with Gasteiger partial charge in [0.05, 0.1) is 10.5 Å². The van der Waals surface area contributed by atoms with Gasteiger partial charge >= 0.3 is 0 Å². The summed E-state index contributed by atoms with van der Waals surface area (Å²) in [5.74, 6) is 1.49. The summed E-state index contributed by atoms with van der Waals surface area (Å²) in [5.41, 5.74) is 0.238. The molecular weight excluding hydrogens is 298 g/mol. The Morgan fingerprint density at radius 1 is 1.35 bits per heavy atom. The Kier molecular flexibility index (Phi) is 4.85. The third kappa shape index (κ3) is 3.05. The van der Waals surface area contributed by atoms with Crippen LogP contribution in [0.4, 0.5) is 5.69 Å². The maximum Gasteiger partial charge on any atom is 0.275 e. The maximum atomic E-state index is 11.8. The summed E-state index contributed by atoms with van der Waals surface area (Å²) >= 11 is 3.02. The first-order valence-corrected chi connectivity index (χ1v) is 7.91. The molecule has 0 amide bonds. The Morgan fingerprint density at radius 3 is 2.50 bits per heavy atom. The van der Waals surface area contributed by atoms with Gasteiger partial charge in [-0.15, -0.1) is 23.5 Å². The minimum atomic E-state index is -1.26. The van der Waals surface area contributed by atoms with Crippen molar-refractivity contribution < 1.29 is 14.8 Å². The lowest BCUT2D eigenvalue weighted by molar-refractivity contribution is -0.386. The second kappa shape index (κ2) is 6.43. The van der Waals surface area contributed by atoms with Crippen molar-refractivity contribution in [2.45, 2.75) is 13.0 Å². The van der Waals surface area contributed by atoms with Gasteiger partial charge in [0.15, 0.2) is 5.78 Å². The number of aliphatic hydroxyl groups excluding tert-OH is 1. The van der Waals surface area contributed by atoms with Gasteiger partial charge in [-0.25, -0.2) is 0 Å². The van der Waals surface area contributed by atoms with E-state index in [0.717, 1.165) is 15.7 Å². The minimum absolute atomic E-state index is 0.156. The number of carbonyl (C=O) groups excluding carboxylic acids is 1. The zero-order valence-electron chi connectivity index (χ0n) is 10.7. The van der Waals surface area contributed by atoms with E-state index >= 15 is 0 Å². The molecule has 1 unspecified atom stereocenters. The molecule has 1 heterocycles. The first kappa shape index (κ1) is 15.1. The molecule has 1 aromatic rings. The molecule has 106 valence electrons. The summed E-state index contributed by atoms with van der Waals surface area (Å²) in [6.07, 6.45) is -1.26. The smallest absolute Gasteiger partial charge is 0.275 e. The van der Waals surface area contributed by atoms with Crippen LogP contribution in [-0.2, 0) is 4.79 Å². The lowest BCUT2D eigenvalue weighted by Crippen LogP contribution is -2.11. The molecule has 0 radical (unpaired) electrons. The molecule has 2 rings (SSSR count). The van der Waals surface area contributed by atoms with E-state index in [1.807, 2.05) is 0 Å². The highest BCUT2D eigenvalue weighted by Gasteiger charge is 2.29. The van der Waals surface area contributed by atoms with Crippen molar-refractivity contribution in [2.24, 2.45) is 0 Å². The van der Waals surface area contributed by atoms with E-state index in [-0.39, 0.29) is 22.6 Å². The second-order valence-electron chi connectivity index (χ2n) is 4.17. The fraction of sp³-hybridized carbons (Fsp3) is 0.308. The minimum Gasteiger partial charge on any atom is -0.383 e. The van der Waals surface area contributed by atoms with Crippen molar-refractivity contribution >= 4 is 35.0 Å². The molecule has 0 bridgehead atoms. The van der Waals surface area contributed by atoms with E-state index in [9.17, 15) is 20.0 Å². The number of ketones is 1. The standard InChI is InChI=1S/C13H13NO4S2/c1-8(15)11(13-19-6-7-20-13)12(16)9-4-2-3-5-10(9)14(17)18/h2-5,12,16H,6-7H2,1H3. The highest BCUT2D eigenvalue weighted by molar-refractivity contribution is 8.25. The van der Waals surface area contributed by atoms with Gasteiger partial charge in [-0.2, -0.15) is 0 Å². The molecule has 1 fully saturated rings. The molecule has 7 heteroatoms. The van der Waals surface area contributed by atoms with Gasteiger partial charge in [0.2, 0.25) is 0 Å². The van der Waals surface area contributed by atoms with E-state index in [1.165, 1.54) is 48.6 Å². The van der Waals surface area contributed by atoms with Crippen molar-refractivity contribution in [1.29, 1.82) is 0 Å². The Balaban J connectivity index is 2.48. The van der Waals surface area contributed by atoms with Crippen molar-refractivity contribution in [2.75, 3.05) is 11.5 Å². The van der Waals surface area contributed by atoms with E-state index in [2.05, 4.69) is 0 Å². The van der Waals surface area contributed by atoms with Crippen LogP contribution in [0, 0.1) is 10.1 Å². The van der Waals surface area contributed by atoms with E-state index in [0.29, 0.717) is 0 Å². The highest BCUT2D eigenvalue weighted by atomic mass is 32.2. The van der Waals surface area contributed by atoms with E-state index in [4.69, 9.17) is 0 Å². The number of para-hydroxylation sites is 1.